The van der Waals surface area contributed by atoms with Crippen LogP contribution in [0.2, 0.25) is 0 Å². The molecule has 0 spiro atoms. The van der Waals surface area contributed by atoms with Gasteiger partial charge in [-0.15, -0.1) is 0 Å². The van der Waals surface area contributed by atoms with Crippen molar-refractivity contribution in [1.82, 2.24) is 10.4 Å². The molecule has 1 rings (SSSR count). The number of amides is 1. The molecule has 0 saturated carbocycles. The fraction of sp³-hybridized carbons (Fsp3) is 0.700. The molecule has 4 nitrogen and oxygen atoms in total. The summed E-state index contributed by atoms with van der Waals surface area (Å²) in [5.74, 6) is 0. The number of carbonyl (C=O) groups excluding carboxylic acids is 1. The van der Waals surface area contributed by atoms with E-state index in [-0.39, 0.29) is 0 Å². The summed E-state index contributed by atoms with van der Waals surface area (Å²) in [6, 6.07) is 0. The standard InChI is InChI=1S/C10H17BrN2O2/c1-10(2,3)15-9(14)12-13-6-4-5-8(11)7-13/h5H,4,6-7H2,1-3H3,(H,12,14). The van der Waals surface area contributed by atoms with Gasteiger partial charge in [0.1, 0.15) is 5.60 Å². The van der Waals surface area contributed by atoms with Crippen LogP contribution in [0.25, 0.3) is 0 Å². The summed E-state index contributed by atoms with van der Waals surface area (Å²) >= 11 is 3.41. The van der Waals surface area contributed by atoms with Crippen molar-refractivity contribution in [3.05, 3.63) is 10.6 Å². The number of hydrogen-bond donors (Lipinski definition) is 1. The third kappa shape index (κ3) is 5.18. The number of halogens is 1. The molecule has 1 heterocycles. The Labute approximate surface area is 98.8 Å². The number of nitrogens with one attached hydrogen (secondary N) is 1. The van der Waals surface area contributed by atoms with Crippen molar-refractivity contribution in [1.29, 1.82) is 0 Å². The topological polar surface area (TPSA) is 41.6 Å². The molecule has 15 heavy (non-hydrogen) atoms. The third-order valence-electron chi connectivity index (χ3n) is 1.76. The largest absolute Gasteiger partial charge is 0.443 e. The van der Waals surface area contributed by atoms with Crippen LogP contribution in [0.15, 0.2) is 10.6 Å². The number of nitrogens with zero attached hydrogens (tertiary/aromatic N) is 1. The summed E-state index contributed by atoms with van der Waals surface area (Å²) in [7, 11) is 0. The first-order chi connectivity index (χ1) is 6.87. The van der Waals surface area contributed by atoms with Crippen molar-refractivity contribution in [3.63, 3.8) is 0 Å². The second-order valence-corrected chi connectivity index (χ2v) is 5.49. The molecular weight excluding hydrogens is 260 g/mol. The minimum Gasteiger partial charge on any atom is -0.443 e. The predicted molar refractivity (Wildman–Crippen MR) is 62.6 cm³/mol. The quantitative estimate of drug-likeness (QED) is 0.800. The van der Waals surface area contributed by atoms with Gasteiger partial charge in [-0.1, -0.05) is 22.0 Å². The summed E-state index contributed by atoms with van der Waals surface area (Å²) in [5.41, 5.74) is 2.26. The highest BCUT2D eigenvalue weighted by Gasteiger charge is 2.19. The highest BCUT2D eigenvalue weighted by Crippen LogP contribution is 2.13. The lowest BCUT2D eigenvalue weighted by Crippen LogP contribution is -2.46. The maximum absolute atomic E-state index is 11.4. The molecule has 0 aliphatic carbocycles. The Hall–Kier alpha value is -0.550. The van der Waals surface area contributed by atoms with Crippen LogP contribution in [0.1, 0.15) is 27.2 Å². The Morgan fingerprint density at radius 3 is 2.80 bits per heavy atom. The van der Waals surface area contributed by atoms with Gasteiger partial charge >= 0.3 is 6.09 Å². The van der Waals surface area contributed by atoms with Crippen molar-refractivity contribution in [2.24, 2.45) is 0 Å². The van der Waals surface area contributed by atoms with Crippen molar-refractivity contribution in [2.45, 2.75) is 32.8 Å². The number of hydrazine groups is 1. The van der Waals surface area contributed by atoms with Gasteiger partial charge in [0.2, 0.25) is 0 Å². The average Bonchev–Trinajstić information content (AvgIpc) is 1.99. The van der Waals surface area contributed by atoms with E-state index in [0.717, 1.165) is 17.4 Å². The SMILES string of the molecule is CC(C)(C)OC(=O)NN1CCC=C(Br)C1. The van der Waals surface area contributed by atoms with E-state index in [2.05, 4.69) is 27.4 Å². The molecule has 0 atom stereocenters. The van der Waals surface area contributed by atoms with Crippen molar-refractivity contribution in [3.8, 4) is 0 Å². The summed E-state index contributed by atoms with van der Waals surface area (Å²) in [6.45, 7) is 7.05. The van der Waals surface area contributed by atoms with Crippen molar-refractivity contribution in [2.75, 3.05) is 13.1 Å². The van der Waals surface area contributed by atoms with Crippen LogP contribution in [0, 0.1) is 0 Å². The number of carbonyl (C=O) groups is 1. The number of rotatable bonds is 1. The summed E-state index contributed by atoms with van der Waals surface area (Å²) in [4.78, 5) is 11.4. The summed E-state index contributed by atoms with van der Waals surface area (Å²) in [6.07, 6.45) is 2.63. The van der Waals surface area contributed by atoms with Gasteiger partial charge in [-0.05, 0) is 27.2 Å². The molecule has 0 saturated heterocycles. The fourth-order valence-electron chi connectivity index (χ4n) is 1.23. The van der Waals surface area contributed by atoms with Gasteiger partial charge in [0, 0.05) is 17.6 Å². The van der Waals surface area contributed by atoms with E-state index in [4.69, 9.17) is 4.74 Å². The molecule has 86 valence electrons. The van der Waals surface area contributed by atoms with E-state index in [0.29, 0.717) is 6.54 Å². The molecule has 1 aliphatic heterocycles. The highest BCUT2D eigenvalue weighted by molar-refractivity contribution is 9.11. The molecule has 5 heteroatoms. The van der Waals surface area contributed by atoms with Gasteiger partial charge in [0.15, 0.2) is 0 Å². The summed E-state index contributed by atoms with van der Waals surface area (Å²) < 4.78 is 6.24. The van der Waals surface area contributed by atoms with Gasteiger partial charge in [0.05, 0.1) is 0 Å². The third-order valence-corrected chi connectivity index (χ3v) is 2.33. The van der Waals surface area contributed by atoms with Gasteiger partial charge in [-0.2, -0.15) is 0 Å². The lowest BCUT2D eigenvalue weighted by molar-refractivity contribution is 0.0343. The Morgan fingerprint density at radius 2 is 2.27 bits per heavy atom. The van der Waals surface area contributed by atoms with E-state index in [1.54, 1.807) is 0 Å². The first-order valence-electron chi connectivity index (χ1n) is 4.96. The van der Waals surface area contributed by atoms with Gasteiger partial charge in [-0.25, -0.2) is 9.80 Å². The molecule has 1 N–H and O–H groups in total. The smallest absolute Gasteiger partial charge is 0.422 e. The zero-order chi connectivity index (χ0) is 11.5. The molecule has 0 aromatic rings. The predicted octanol–water partition coefficient (Wildman–Crippen LogP) is 2.41. The molecular formula is C10H17BrN2O2. The Bertz CT molecular complexity index is 271. The van der Waals surface area contributed by atoms with Crippen LogP contribution in [0.4, 0.5) is 4.79 Å². The molecule has 1 amide bonds. The van der Waals surface area contributed by atoms with Gasteiger partial charge in [0.25, 0.3) is 0 Å². The van der Waals surface area contributed by atoms with E-state index in [1.807, 2.05) is 25.8 Å². The molecule has 0 unspecified atom stereocenters. The maximum atomic E-state index is 11.4. The Balaban J connectivity index is 2.36. The van der Waals surface area contributed by atoms with E-state index < -0.39 is 11.7 Å². The van der Waals surface area contributed by atoms with Crippen LogP contribution >= 0.6 is 15.9 Å². The number of hydrogen-bond acceptors (Lipinski definition) is 3. The van der Waals surface area contributed by atoms with E-state index >= 15 is 0 Å². The van der Waals surface area contributed by atoms with Crippen molar-refractivity contribution >= 4 is 22.0 Å². The van der Waals surface area contributed by atoms with Crippen LogP contribution in [0.3, 0.4) is 0 Å². The Kier molecular flexibility index (Phi) is 4.16. The lowest BCUT2D eigenvalue weighted by atomic mass is 10.2. The van der Waals surface area contributed by atoms with Crippen LogP contribution in [-0.4, -0.2) is 29.8 Å². The molecule has 0 bridgehead atoms. The molecule has 0 fully saturated rings. The Morgan fingerprint density at radius 1 is 1.60 bits per heavy atom. The van der Waals surface area contributed by atoms with E-state index in [1.165, 1.54) is 0 Å². The minimum absolute atomic E-state index is 0.398. The van der Waals surface area contributed by atoms with Gasteiger partial charge < -0.3 is 4.74 Å². The van der Waals surface area contributed by atoms with Crippen LogP contribution in [0.5, 0.6) is 0 Å². The minimum atomic E-state index is -0.451. The molecule has 1 aliphatic rings. The normalized spacial score (nSPS) is 18.3. The summed E-state index contributed by atoms with van der Waals surface area (Å²) in [5, 5.41) is 1.83. The molecule has 0 radical (unpaired) electrons. The second kappa shape index (κ2) is 4.99. The molecule has 0 aromatic carbocycles. The average molecular weight is 277 g/mol. The van der Waals surface area contributed by atoms with Crippen LogP contribution in [-0.2, 0) is 4.74 Å². The number of ether oxygens (including phenoxy) is 1. The second-order valence-electron chi connectivity index (χ2n) is 4.47. The maximum Gasteiger partial charge on any atom is 0.422 e. The first-order valence-corrected chi connectivity index (χ1v) is 5.75. The fourth-order valence-corrected chi connectivity index (χ4v) is 1.76. The monoisotopic (exact) mass is 276 g/mol. The highest BCUT2D eigenvalue weighted by atomic mass is 79.9. The van der Waals surface area contributed by atoms with Crippen molar-refractivity contribution < 1.29 is 9.53 Å². The van der Waals surface area contributed by atoms with Crippen LogP contribution < -0.4 is 5.43 Å². The van der Waals surface area contributed by atoms with Gasteiger partial charge in [-0.3, -0.25) is 5.43 Å². The zero-order valence-corrected chi connectivity index (χ0v) is 10.9. The van der Waals surface area contributed by atoms with E-state index in [9.17, 15) is 4.79 Å². The molecule has 0 aromatic heterocycles. The first kappa shape index (κ1) is 12.5. The zero-order valence-electron chi connectivity index (χ0n) is 9.34. The lowest BCUT2D eigenvalue weighted by Gasteiger charge is -2.27.